The highest BCUT2D eigenvalue weighted by atomic mass is 32.1. The highest BCUT2D eigenvalue weighted by Crippen LogP contribution is 2.29. The zero-order chi connectivity index (χ0) is 109. The first-order chi connectivity index (χ1) is 72.8. The minimum Gasteiger partial charge on any atom is -0.493 e. The Morgan fingerprint density at radius 2 is 0.823 bits per heavy atom. The van der Waals surface area contributed by atoms with Crippen LogP contribution in [0.4, 0.5) is 11.4 Å². The van der Waals surface area contributed by atoms with Gasteiger partial charge in [0.2, 0.25) is 0 Å². The minimum absolute atomic E-state index is 0.302. The number of H-pyrrole nitrogens is 4. The zero-order valence-corrected chi connectivity index (χ0v) is 92.6. The third-order valence-corrected chi connectivity index (χ3v) is 19.6. The van der Waals surface area contributed by atoms with E-state index in [9.17, 15) is 9.59 Å². The van der Waals surface area contributed by atoms with Crippen LogP contribution < -0.4 is 26.2 Å². The van der Waals surface area contributed by atoms with E-state index in [1.165, 1.54) is 63.8 Å². The molecule has 12 heterocycles. The summed E-state index contributed by atoms with van der Waals surface area (Å²) in [5.41, 5.74) is 20.7. The molecule has 20 nitrogen and oxygen atoms in total. The lowest BCUT2D eigenvalue weighted by atomic mass is 10.1. The van der Waals surface area contributed by atoms with Gasteiger partial charge in [-0.1, -0.05) is 398 Å². The molecule has 22 aromatic rings. The Balaban J connectivity index is 0.000000781. The summed E-state index contributed by atoms with van der Waals surface area (Å²) < 4.78 is 31.5. The molecule has 26 rings (SSSR count). The Morgan fingerprint density at radius 3 is 1.41 bits per heavy atom. The Labute approximate surface area is 878 Å². The Kier molecular flexibility index (Phi) is 75.3. The predicted molar refractivity (Wildman–Crippen MR) is 633 cm³/mol. The van der Waals surface area contributed by atoms with Crippen molar-refractivity contribution in [2.75, 3.05) is 18.7 Å². The van der Waals surface area contributed by atoms with E-state index in [2.05, 4.69) is 133 Å². The fourth-order valence-corrected chi connectivity index (χ4v) is 13.4. The number of hydrogen-bond donors (Lipinski definition) is 5. The third kappa shape index (κ3) is 47.9. The van der Waals surface area contributed by atoms with Gasteiger partial charge in [-0.2, -0.15) is 15.3 Å². The Hall–Kier alpha value is -15.9. The molecule has 13 aromatic carbocycles. The number of nitrogens with zero attached hydrogens (tertiary/aromatic N) is 7. The summed E-state index contributed by atoms with van der Waals surface area (Å²) in [4.78, 5) is 46.3. The number of nitrogens with one attached hydrogen (secondary N) is 5. The van der Waals surface area contributed by atoms with Gasteiger partial charge in [0.15, 0.2) is 24.3 Å². The van der Waals surface area contributed by atoms with Crippen LogP contribution in [0.1, 0.15) is 209 Å². The van der Waals surface area contributed by atoms with E-state index in [0.29, 0.717) is 17.9 Å². The number of hydrogen-bond acceptors (Lipinski definition) is 17. The van der Waals surface area contributed by atoms with Crippen molar-refractivity contribution in [3.63, 3.8) is 0 Å². The number of aromatic nitrogens is 9. The van der Waals surface area contributed by atoms with E-state index < -0.39 is 5.76 Å². The molecule has 0 unspecified atom stereocenters. The van der Waals surface area contributed by atoms with Crippen molar-refractivity contribution >= 4 is 121 Å². The van der Waals surface area contributed by atoms with Crippen LogP contribution in [-0.4, -0.2) is 58.4 Å². The van der Waals surface area contributed by atoms with Gasteiger partial charge in [0.05, 0.1) is 86.6 Å². The number of thiazole rings is 1. The normalized spacial score (nSPS) is 9.97. The maximum absolute atomic E-state index is 10.7. The second-order valence-electron chi connectivity index (χ2n) is 26.9. The number of imidazole rings is 1. The zero-order valence-electron chi connectivity index (χ0n) is 91.8. The maximum Gasteiger partial charge on any atom is 0.417 e. The summed E-state index contributed by atoms with van der Waals surface area (Å²) in [6.07, 6.45) is 15.5. The lowest BCUT2D eigenvalue weighted by molar-refractivity contribution is 0.357. The SMILES string of the molecule is CC.CC.CC.CC.CC.CC.CC.CC.CC.CC.CC.CC.CC.O=c1[nH]c2ccccc2o1.O=c1ccc2ccccc2o1.c1ccc2[nH]ccc2c1.c1ccc2[nH]cnc2c1.c1ccc2[nH]ncc2c1.c1ccc2c(c1)CCC2.c1ccc2c(c1)CCO2.c1ccc2c(c1)CN=N2.c1ccc2c(c1)NCO2.c1ccc2ncccc2c1.c1ccc2occc2c1.c1ccc2ocnc2c1.c1ccc2scnc2c1. The molecular weight excluding hydrogens is 1840 g/mol. The molecule has 4 aliphatic rings. The molecule has 0 saturated heterocycles. The van der Waals surface area contributed by atoms with Crippen LogP contribution in [0.5, 0.6) is 11.5 Å². The van der Waals surface area contributed by atoms with Crippen molar-refractivity contribution in [1.29, 1.82) is 0 Å². The monoisotopic (exact) mass is 2000 g/mol. The van der Waals surface area contributed by atoms with Crippen molar-refractivity contribution in [1.82, 2.24) is 45.1 Å². The van der Waals surface area contributed by atoms with E-state index in [0.717, 1.165) is 108 Å². The molecule has 0 radical (unpaired) electrons. The van der Waals surface area contributed by atoms with Crippen molar-refractivity contribution in [2.24, 2.45) is 10.2 Å². The van der Waals surface area contributed by atoms with Gasteiger partial charge in [0.25, 0.3) is 0 Å². The van der Waals surface area contributed by atoms with Crippen molar-refractivity contribution < 1.29 is 27.1 Å². The number of rotatable bonds is 0. The van der Waals surface area contributed by atoms with Crippen LogP contribution in [0, 0.1) is 0 Å². The number of anilines is 1. The van der Waals surface area contributed by atoms with Gasteiger partial charge in [-0.15, -0.1) is 11.3 Å². The van der Waals surface area contributed by atoms with Gasteiger partial charge in [0, 0.05) is 57.5 Å². The standard InChI is InChI=1S/C9H7N.C9H6O2.C9H10.C8H7N.C8H8O.C8H6O.3C7H6N2.C7H5NO2.C7H7NO.C7H5NO.C7H5NS.13C2H6/c1-2-6-9-8(4-1)5-3-7-10-9;10-9-6-5-7-3-1-2-4-8(7)11-9;1-2-5-9-7-3-6-8(9)4-1;3*1-2-4-8-7(3-1)5-6-9-8;1-2-4-7-6(3-1)8-5-9-7;2*1-2-4-7-6(3-1)5-8-9-7;9-7-8-5-3-1-2-4-6(5)10-7;3*1-2-4-7-6(3-1)8-5-9-7;13*1-2/h1-7H;1-6H;1-2,4-5H,3,6-7H2;1-6,9H;1-4H,5-6H2;1-6H;1-5H,(H,8,9);1-4H,5H2;1-5H,(H,8,9);1-4H,(H,8,9);1-4,8H,5H2;2*1-5H;13*1-2H3. The average molecular weight is 2000 g/mol. The van der Waals surface area contributed by atoms with Crippen LogP contribution in [0.15, 0.2) is 432 Å². The molecule has 0 spiro atoms. The number of oxazole rings is 2. The first-order valence-electron chi connectivity index (χ1n) is 52.2. The highest BCUT2D eigenvalue weighted by molar-refractivity contribution is 7.16. The average Bonchev–Trinajstić information content (AvgIpc) is 1.77. The number of azo groups is 1. The second kappa shape index (κ2) is 85.7. The number of aromatic amines is 4. The molecule has 780 valence electrons. The van der Waals surface area contributed by atoms with Crippen LogP contribution in [-0.2, 0) is 25.8 Å². The third-order valence-electron chi connectivity index (χ3n) is 18.7. The van der Waals surface area contributed by atoms with Crippen LogP contribution >= 0.6 is 11.3 Å². The summed E-state index contributed by atoms with van der Waals surface area (Å²) in [7, 11) is 0. The number of furan rings is 1. The molecule has 21 heteroatoms. The van der Waals surface area contributed by atoms with Crippen LogP contribution in [0.25, 0.3) is 98.1 Å². The van der Waals surface area contributed by atoms with E-state index >= 15 is 0 Å². The molecule has 9 aromatic heterocycles. The van der Waals surface area contributed by atoms with Gasteiger partial charge in [0.1, 0.15) is 28.2 Å². The van der Waals surface area contributed by atoms with E-state index in [-0.39, 0.29) is 5.63 Å². The molecule has 3 aliphatic heterocycles. The smallest absolute Gasteiger partial charge is 0.417 e. The first kappa shape index (κ1) is 129. The largest absolute Gasteiger partial charge is 0.493 e. The summed E-state index contributed by atoms with van der Waals surface area (Å²) in [5, 5.41) is 23.4. The van der Waals surface area contributed by atoms with E-state index in [1.807, 2.05) is 453 Å². The topological polar surface area (TPSA) is 270 Å². The van der Waals surface area contributed by atoms with Crippen molar-refractivity contribution in [3.8, 4) is 11.5 Å². The number of benzene rings is 13. The van der Waals surface area contributed by atoms with Crippen LogP contribution in [0.3, 0.4) is 0 Å². The minimum atomic E-state index is -0.402. The first-order valence-corrected chi connectivity index (χ1v) is 53.1. The van der Waals surface area contributed by atoms with Crippen LogP contribution in [0.2, 0.25) is 0 Å². The fourth-order valence-electron chi connectivity index (χ4n) is 12.7. The van der Waals surface area contributed by atoms with Gasteiger partial charge in [-0.05, 0) is 169 Å². The molecule has 5 N–H and O–H groups in total. The number of pyridine rings is 1. The van der Waals surface area contributed by atoms with E-state index in [4.69, 9.17) is 27.1 Å². The molecule has 0 atom stereocenters. The quantitative estimate of drug-likeness (QED) is 0.0884. The molecule has 147 heavy (non-hydrogen) atoms. The lowest BCUT2D eigenvalue weighted by Crippen LogP contribution is -1.96. The maximum atomic E-state index is 10.7. The number of para-hydroxylation sites is 15. The molecule has 0 saturated carbocycles. The number of ether oxygens (including phenoxy) is 2. The summed E-state index contributed by atoms with van der Waals surface area (Å²) in [6.45, 7) is 54.2. The molecule has 0 bridgehead atoms. The van der Waals surface area contributed by atoms with Gasteiger partial charge in [-0.3, -0.25) is 15.1 Å². The number of fused-ring (bicyclic) bond motifs is 13. The highest BCUT2D eigenvalue weighted by Gasteiger charge is 2.11. The van der Waals surface area contributed by atoms with Crippen molar-refractivity contribution in [3.05, 3.63) is 438 Å². The second-order valence-corrected chi connectivity index (χ2v) is 27.7. The summed E-state index contributed by atoms with van der Waals surface area (Å²) in [6, 6.07) is 115. The Morgan fingerprint density at radius 1 is 0.327 bits per heavy atom. The van der Waals surface area contributed by atoms with Crippen molar-refractivity contribution in [2.45, 2.75) is 212 Å². The molecular formula is C126H162N12O8S. The lowest BCUT2D eigenvalue weighted by Gasteiger charge is -1.93. The molecule has 0 fully saturated rings. The van der Waals surface area contributed by atoms with Gasteiger partial charge < -0.3 is 42.4 Å². The predicted octanol–water partition coefficient (Wildman–Crippen LogP) is 37.9. The van der Waals surface area contributed by atoms with E-state index in [1.54, 1.807) is 59.3 Å². The summed E-state index contributed by atoms with van der Waals surface area (Å²) >= 11 is 1.68. The molecule has 0 amide bonds. The molecule has 1 aliphatic carbocycles. The number of aryl methyl sites for hydroxylation is 2. The summed E-state index contributed by atoms with van der Waals surface area (Å²) in [5.74, 6) is 1.62. The van der Waals surface area contributed by atoms with Gasteiger partial charge >= 0.3 is 11.4 Å². The Bertz CT molecular complexity index is 6050. The fraction of sp³-hybridized carbons (Fsp3) is 0.262. The van der Waals surface area contributed by atoms with Gasteiger partial charge in [-0.25, -0.2) is 24.5 Å².